The van der Waals surface area contributed by atoms with Crippen LogP contribution < -0.4 is 9.47 Å². The molecule has 0 aliphatic heterocycles. The van der Waals surface area contributed by atoms with Crippen LogP contribution in [0.2, 0.25) is 0 Å². The van der Waals surface area contributed by atoms with Crippen molar-refractivity contribution in [2.24, 2.45) is 0 Å². The van der Waals surface area contributed by atoms with Crippen molar-refractivity contribution < 1.29 is 27.8 Å². The Labute approximate surface area is 89.6 Å². The molecule has 7 heteroatoms. The van der Waals surface area contributed by atoms with Crippen LogP contribution in [0.1, 0.15) is 11.3 Å². The van der Waals surface area contributed by atoms with Crippen LogP contribution in [0.5, 0.6) is 11.6 Å². The maximum atomic E-state index is 12.1. The molecule has 1 aromatic rings. The van der Waals surface area contributed by atoms with E-state index in [9.17, 15) is 13.2 Å². The van der Waals surface area contributed by atoms with Gasteiger partial charge in [0.1, 0.15) is 5.69 Å². The summed E-state index contributed by atoms with van der Waals surface area (Å²) >= 11 is 0. The molecular weight excluding hydrogens is 227 g/mol. The van der Waals surface area contributed by atoms with Crippen LogP contribution in [0.15, 0.2) is 6.07 Å². The van der Waals surface area contributed by atoms with Crippen molar-refractivity contribution in [2.75, 3.05) is 7.11 Å². The van der Waals surface area contributed by atoms with Crippen molar-refractivity contribution in [3.8, 4) is 11.6 Å². The number of hydrogen-bond acceptors (Lipinski definition) is 4. The lowest BCUT2D eigenvalue weighted by Gasteiger charge is -2.14. The Morgan fingerprint density at radius 1 is 1.44 bits per heavy atom. The largest absolute Gasteiger partial charge is 0.573 e. The minimum Gasteiger partial charge on any atom is -0.481 e. The summed E-state index contributed by atoms with van der Waals surface area (Å²) in [7, 11) is 1.33. The van der Waals surface area contributed by atoms with E-state index in [1.54, 1.807) is 0 Å². The molecule has 0 spiro atoms. The number of nitrogens with zero attached hydrogens (tertiary/aromatic N) is 1. The first kappa shape index (κ1) is 12.6. The standard InChI is InChI=1S/C9H10F3NO3/c1-5-3-7(15-2)13-6(4-14)8(5)16-9(10,11)12/h3,14H,4H2,1-2H3. The zero-order valence-electron chi connectivity index (χ0n) is 8.63. The fourth-order valence-electron chi connectivity index (χ4n) is 1.16. The number of aromatic nitrogens is 1. The number of ether oxygens (including phenoxy) is 2. The zero-order valence-corrected chi connectivity index (χ0v) is 8.63. The summed E-state index contributed by atoms with van der Waals surface area (Å²) in [6, 6.07) is 1.29. The van der Waals surface area contributed by atoms with Crippen molar-refractivity contribution >= 4 is 0 Å². The zero-order chi connectivity index (χ0) is 12.3. The SMILES string of the molecule is COc1cc(C)c(OC(F)(F)F)c(CO)n1. The molecule has 0 aromatic carbocycles. The lowest BCUT2D eigenvalue weighted by Crippen LogP contribution is -2.19. The summed E-state index contributed by atoms with van der Waals surface area (Å²) in [5, 5.41) is 8.89. The monoisotopic (exact) mass is 237 g/mol. The van der Waals surface area contributed by atoms with Gasteiger partial charge in [-0.1, -0.05) is 0 Å². The van der Waals surface area contributed by atoms with Crippen LogP contribution in [0.3, 0.4) is 0 Å². The molecule has 0 radical (unpaired) electrons. The molecule has 0 amide bonds. The third kappa shape index (κ3) is 2.99. The third-order valence-corrected chi connectivity index (χ3v) is 1.78. The van der Waals surface area contributed by atoms with Crippen LogP contribution in [0.4, 0.5) is 13.2 Å². The van der Waals surface area contributed by atoms with E-state index in [4.69, 9.17) is 9.84 Å². The number of aryl methyl sites for hydroxylation is 1. The Morgan fingerprint density at radius 3 is 2.50 bits per heavy atom. The second kappa shape index (κ2) is 4.56. The van der Waals surface area contributed by atoms with Crippen LogP contribution in [-0.2, 0) is 6.61 Å². The van der Waals surface area contributed by atoms with Crippen LogP contribution in [-0.4, -0.2) is 23.6 Å². The molecule has 0 saturated carbocycles. The van der Waals surface area contributed by atoms with Gasteiger partial charge in [0.2, 0.25) is 5.88 Å². The number of aliphatic hydroxyl groups is 1. The van der Waals surface area contributed by atoms with E-state index < -0.39 is 18.7 Å². The van der Waals surface area contributed by atoms with Gasteiger partial charge in [-0.15, -0.1) is 13.2 Å². The first-order chi connectivity index (χ1) is 7.37. The highest BCUT2D eigenvalue weighted by Crippen LogP contribution is 2.30. The van der Waals surface area contributed by atoms with E-state index in [-0.39, 0.29) is 17.1 Å². The van der Waals surface area contributed by atoms with Gasteiger partial charge in [-0.3, -0.25) is 0 Å². The molecular formula is C9H10F3NO3. The minimum atomic E-state index is -4.81. The second-order valence-corrected chi connectivity index (χ2v) is 2.96. The number of rotatable bonds is 3. The van der Waals surface area contributed by atoms with E-state index in [0.29, 0.717) is 0 Å². The number of hydrogen-bond donors (Lipinski definition) is 1. The van der Waals surface area contributed by atoms with E-state index in [1.165, 1.54) is 20.1 Å². The van der Waals surface area contributed by atoms with Crippen LogP contribution >= 0.6 is 0 Å². The maximum Gasteiger partial charge on any atom is 0.573 e. The van der Waals surface area contributed by atoms with Crippen molar-refractivity contribution in [1.29, 1.82) is 0 Å². The average Bonchev–Trinajstić information content (AvgIpc) is 2.19. The molecule has 0 bridgehead atoms. The highest BCUT2D eigenvalue weighted by Gasteiger charge is 2.33. The molecule has 0 saturated heterocycles. The van der Waals surface area contributed by atoms with Crippen molar-refractivity contribution in [2.45, 2.75) is 19.9 Å². The molecule has 1 N–H and O–H groups in total. The van der Waals surface area contributed by atoms with Gasteiger partial charge in [-0.05, 0) is 12.5 Å². The Morgan fingerprint density at radius 2 is 2.06 bits per heavy atom. The maximum absolute atomic E-state index is 12.1. The van der Waals surface area contributed by atoms with Crippen molar-refractivity contribution in [3.05, 3.63) is 17.3 Å². The van der Waals surface area contributed by atoms with E-state index >= 15 is 0 Å². The van der Waals surface area contributed by atoms with Gasteiger partial charge in [-0.2, -0.15) is 0 Å². The van der Waals surface area contributed by atoms with Gasteiger partial charge in [-0.25, -0.2) is 4.98 Å². The fraction of sp³-hybridized carbons (Fsp3) is 0.444. The summed E-state index contributed by atoms with van der Waals surface area (Å²) in [5.74, 6) is -0.369. The summed E-state index contributed by atoms with van der Waals surface area (Å²) in [6.07, 6.45) is -4.81. The Balaban J connectivity index is 3.16. The first-order valence-corrected chi connectivity index (χ1v) is 4.28. The molecule has 0 unspecified atom stereocenters. The summed E-state index contributed by atoms with van der Waals surface area (Å²) in [6.45, 7) is 0.744. The quantitative estimate of drug-likeness (QED) is 0.870. The van der Waals surface area contributed by atoms with Crippen LogP contribution in [0.25, 0.3) is 0 Å². The van der Waals surface area contributed by atoms with Gasteiger partial charge >= 0.3 is 6.36 Å². The molecule has 1 aromatic heterocycles. The summed E-state index contributed by atoms with van der Waals surface area (Å²) in [4.78, 5) is 3.66. The molecule has 0 aliphatic rings. The summed E-state index contributed by atoms with van der Waals surface area (Å²) < 4.78 is 44.7. The Bertz CT molecular complexity index is 379. The Hall–Kier alpha value is -1.50. The normalized spacial score (nSPS) is 11.4. The molecule has 0 aliphatic carbocycles. The minimum absolute atomic E-state index is 0.121. The van der Waals surface area contributed by atoms with Crippen LogP contribution in [0, 0.1) is 6.92 Å². The molecule has 0 fully saturated rings. The van der Waals surface area contributed by atoms with Gasteiger partial charge in [0.05, 0.1) is 13.7 Å². The van der Waals surface area contributed by atoms with E-state index in [1.807, 2.05) is 0 Å². The first-order valence-electron chi connectivity index (χ1n) is 4.28. The molecule has 0 atom stereocenters. The van der Waals surface area contributed by atoms with E-state index in [0.717, 1.165) is 0 Å². The molecule has 1 heterocycles. The number of alkyl halides is 3. The van der Waals surface area contributed by atoms with Gasteiger partial charge in [0, 0.05) is 6.07 Å². The highest BCUT2D eigenvalue weighted by atomic mass is 19.4. The molecule has 90 valence electrons. The highest BCUT2D eigenvalue weighted by molar-refractivity contribution is 5.39. The lowest BCUT2D eigenvalue weighted by atomic mass is 10.2. The smallest absolute Gasteiger partial charge is 0.481 e. The van der Waals surface area contributed by atoms with Gasteiger partial charge in [0.25, 0.3) is 0 Å². The predicted molar refractivity (Wildman–Crippen MR) is 48.1 cm³/mol. The predicted octanol–water partition coefficient (Wildman–Crippen LogP) is 1.79. The average molecular weight is 237 g/mol. The number of aliphatic hydroxyl groups excluding tert-OH is 1. The Kier molecular flexibility index (Phi) is 3.58. The van der Waals surface area contributed by atoms with Crippen molar-refractivity contribution in [1.82, 2.24) is 4.98 Å². The summed E-state index contributed by atoms with van der Waals surface area (Å²) in [5.41, 5.74) is -0.0256. The third-order valence-electron chi connectivity index (χ3n) is 1.78. The number of halogens is 3. The lowest BCUT2D eigenvalue weighted by molar-refractivity contribution is -0.275. The topological polar surface area (TPSA) is 51.6 Å². The number of pyridine rings is 1. The number of methoxy groups -OCH3 is 1. The second-order valence-electron chi connectivity index (χ2n) is 2.96. The van der Waals surface area contributed by atoms with Crippen molar-refractivity contribution in [3.63, 3.8) is 0 Å². The van der Waals surface area contributed by atoms with E-state index in [2.05, 4.69) is 9.72 Å². The fourth-order valence-corrected chi connectivity index (χ4v) is 1.16. The van der Waals surface area contributed by atoms with Gasteiger partial charge < -0.3 is 14.6 Å². The molecule has 4 nitrogen and oxygen atoms in total. The van der Waals surface area contributed by atoms with Gasteiger partial charge in [0.15, 0.2) is 5.75 Å². The molecule has 1 rings (SSSR count). The molecule has 16 heavy (non-hydrogen) atoms.